The lowest BCUT2D eigenvalue weighted by Crippen LogP contribution is -2.50. The first-order chi connectivity index (χ1) is 9.63. The molecule has 0 spiro atoms. The van der Waals surface area contributed by atoms with Crippen LogP contribution in [-0.4, -0.2) is 43.2 Å². The molecule has 0 amide bonds. The largest absolute Gasteiger partial charge is 0.369 e. The van der Waals surface area contributed by atoms with Crippen molar-refractivity contribution in [1.29, 1.82) is 0 Å². The molecule has 3 nitrogen and oxygen atoms in total. The monoisotopic (exact) mass is 293 g/mol. The zero-order valence-corrected chi connectivity index (χ0v) is 12.9. The van der Waals surface area contributed by atoms with E-state index in [1.54, 1.807) is 0 Å². The molecule has 0 aliphatic carbocycles. The van der Waals surface area contributed by atoms with Crippen LogP contribution in [0.5, 0.6) is 0 Å². The van der Waals surface area contributed by atoms with Crippen LogP contribution in [-0.2, 0) is 6.42 Å². The Morgan fingerprint density at radius 2 is 2.20 bits per heavy atom. The minimum atomic E-state index is 0.153. The molecule has 0 bridgehead atoms. The fraction of sp³-hybridized carbons (Fsp3) is 0.625. The minimum Gasteiger partial charge on any atom is -0.369 e. The molecule has 2 fully saturated rings. The first-order valence-corrected chi connectivity index (χ1v) is 8.04. The first-order valence-electron chi connectivity index (χ1n) is 7.66. The molecule has 1 aromatic rings. The van der Waals surface area contributed by atoms with E-state index in [9.17, 15) is 0 Å². The van der Waals surface area contributed by atoms with Crippen molar-refractivity contribution in [1.82, 2.24) is 4.90 Å². The van der Waals surface area contributed by atoms with Gasteiger partial charge in [-0.05, 0) is 50.4 Å². The lowest BCUT2D eigenvalue weighted by atomic mass is 10.1. The van der Waals surface area contributed by atoms with Gasteiger partial charge >= 0.3 is 0 Å². The van der Waals surface area contributed by atoms with Crippen molar-refractivity contribution in [3.05, 3.63) is 28.8 Å². The second-order valence-corrected chi connectivity index (χ2v) is 6.64. The van der Waals surface area contributed by atoms with Gasteiger partial charge in [0.05, 0.1) is 0 Å². The standard InChI is InChI=1S/C16H24ClN3/c1-12(18)9-13-4-5-14(10-16(13)17)20-8-7-19-6-2-3-15(19)11-20/h4-5,10,12,15H,2-3,6-9,11,18H2,1H3. The molecule has 2 atom stereocenters. The van der Waals surface area contributed by atoms with E-state index in [1.165, 1.54) is 31.6 Å². The topological polar surface area (TPSA) is 32.5 Å². The van der Waals surface area contributed by atoms with Gasteiger partial charge in [-0.1, -0.05) is 17.7 Å². The quantitative estimate of drug-likeness (QED) is 0.929. The summed E-state index contributed by atoms with van der Waals surface area (Å²) in [6.07, 6.45) is 3.54. The predicted molar refractivity (Wildman–Crippen MR) is 85.6 cm³/mol. The van der Waals surface area contributed by atoms with Crippen molar-refractivity contribution >= 4 is 17.3 Å². The summed E-state index contributed by atoms with van der Waals surface area (Å²) in [6, 6.07) is 7.35. The van der Waals surface area contributed by atoms with E-state index in [4.69, 9.17) is 17.3 Å². The maximum Gasteiger partial charge on any atom is 0.0459 e. The Kier molecular flexibility index (Phi) is 4.20. The van der Waals surface area contributed by atoms with Crippen molar-refractivity contribution in [3.8, 4) is 0 Å². The molecule has 1 aromatic carbocycles. The summed E-state index contributed by atoms with van der Waals surface area (Å²) < 4.78 is 0. The molecule has 2 heterocycles. The van der Waals surface area contributed by atoms with Crippen LogP contribution in [0, 0.1) is 0 Å². The van der Waals surface area contributed by atoms with E-state index in [0.29, 0.717) is 0 Å². The number of fused-ring (bicyclic) bond motifs is 1. The van der Waals surface area contributed by atoms with Crippen LogP contribution >= 0.6 is 11.6 Å². The summed E-state index contributed by atoms with van der Waals surface area (Å²) in [6.45, 7) is 6.74. The van der Waals surface area contributed by atoms with Crippen molar-refractivity contribution in [2.75, 3.05) is 31.1 Å². The Hall–Kier alpha value is -0.770. The third-order valence-electron chi connectivity index (χ3n) is 4.53. The van der Waals surface area contributed by atoms with E-state index in [-0.39, 0.29) is 6.04 Å². The van der Waals surface area contributed by atoms with Gasteiger partial charge in [0.1, 0.15) is 0 Å². The fourth-order valence-electron chi connectivity index (χ4n) is 3.47. The highest BCUT2D eigenvalue weighted by Crippen LogP contribution is 2.28. The summed E-state index contributed by atoms with van der Waals surface area (Å²) in [4.78, 5) is 5.11. The van der Waals surface area contributed by atoms with Gasteiger partial charge in [0, 0.05) is 42.4 Å². The van der Waals surface area contributed by atoms with Gasteiger partial charge < -0.3 is 10.6 Å². The number of nitrogens with two attached hydrogens (primary N) is 1. The highest BCUT2D eigenvalue weighted by Gasteiger charge is 2.30. The second-order valence-electron chi connectivity index (χ2n) is 6.24. The number of anilines is 1. The smallest absolute Gasteiger partial charge is 0.0459 e. The number of piperazine rings is 1. The average Bonchev–Trinajstić information content (AvgIpc) is 2.87. The zero-order valence-electron chi connectivity index (χ0n) is 12.2. The van der Waals surface area contributed by atoms with Gasteiger partial charge in [0.2, 0.25) is 0 Å². The van der Waals surface area contributed by atoms with E-state index >= 15 is 0 Å². The molecule has 4 heteroatoms. The Morgan fingerprint density at radius 1 is 1.35 bits per heavy atom. The Morgan fingerprint density at radius 3 is 2.95 bits per heavy atom. The zero-order chi connectivity index (χ0) is 14.1. The lowest BCUT2D eigenvalue weighted by Gasteiger charge is -2.39. The van der Waals surface area contributed by atoms with Crippen LogP contribution in [0.4, 0.5) is 5.69 Å². The van der Waals surface area contributed by atoms with Crippen LogP contribution in [0.2, 0.25) is 5.02 Å². The molecule has 20 heavy (non-hydrogen) atoms. The molecule has 2 saturated heterocycles. The van der Waals surface area contributed by atoms with Crippen molar-refractivity contribution < 1.29 is 0 Å². The summed E-state index contributed by atoms with van der Waals surface area (Å²) in [5.74, 6) is 0. The number of halogens is 1. The molecule has 0 aromatic heterocycles. The molecule has 0 radical (unpaired) electrons. The number of benzene rings is 1. The van der Waals surface area contributed by atoms with Crippen LogP contribution in [0.3, 0.4) is 0 Å². The van der Waals surface area contributed by atoms with Gasteiger partial charge in [0.15, 0.2) is 0 Å². The van der Waals surface area contributed by atoms with Crippen molar-refractivity contribution in [2.24, 2.45) is 5.73 Å². The molecule has 2 N–H and O–H groups in total. The number of hydrogen-bond donors (Lipinski definition) is 1. The summed E-state index contributed by atoms with van der Waals surface area (Å²) >= 11 is 6.41. The van der Waals surface area contributed by atoms with Gasteiger partial charge in [-0.3, -0.25) is 4.90 Å². The van der Waals surface area contributed by atoms with E-state index in [0.717, 1.165) is 36.1 Å². The molecule has 0 saturated carbocycles. The third-order valence-corrected chi connectivity index (χ3v) is 4.88. The molecule has 3 rings (SSSR count). The summed E-state index contributed by atoms with van der Waals surface area (Å²) in [5.41, 5.74) is 8.27. The second kappa shape index (κ2) is 5.92. The van der Waals surface area contributed by atoms with Crippen molar-refractivity contribution in [3.63, 3.8) is 0 Å². The van der Waals surface area contributed by atoms with E-state index < -0.39 is 0 Å². The highest BCUT2D eigenvalue weighted by molar-refractivity contribution is 6.31. The summed E-state index contributed by atoms with van der Waals surface area (Å²) in [5, 5.41) is 0.855. The SMILES string of the molecule is CC(N)Cc1ccc(N2CCN3CCCC3C2)cc1Cl. The molecule has 2 unspecified atom stereocenters. The maximum atomic E-state index is 6.41. The van der Waals surface area contributed by atoms with Crippen LogP contribution < -0.4 is 10.6 Å². The molecular weight excluding hydrogens is 270 g/mol. The maximum absolute atomic E-state index is 6.41. The Bertz CT molecular complexity index is 475. The molecular formula is C16H24ClN3. The summed E-state index contributed by atoms with van der Waals surface area (Å²) in [7, 11) is 0. The fourth-order valence-corrected chi connectivity index (χ4v) is 3.72. The number of nitrogens with zero attached hydrogens (tertiary/aromatic N) is 2. The molecule has 2 aliphatic rings. The number of rotatable bonds is 3. The predicted octanol–water partition coefficient (Wildman–Crippen LogP) is 2.51. The first kappa shape index (κ1) is 14.2. The van der Waals surface area contributed by atoms with Crippen molar-refractivity contribution in [2.45, 2.75) is 38.3 Å². The minimum absolute atomic E-state index is 0.153. The van der Waals surface area contributed by atoms with Gasteiger partial charge in [-0.2, -0.15) is 0 Å². The van der Waals surface area contributed by atoms with Gasteiger partial charge in [-0.15, -0.1) is 0 Å². The molecule has 110 valence electrons. The highest BCUT2D eigenvalue weighted by atomic mass is 35.5. The molecule has 2 aliphatic heterocycles. The third kappa shape index (κ3) is 2.95. The van der Waals surface area contributed by atoms with Gasteiger partial charge in [-0.25, -0.2) is 0 Å². The van der Waals surface area contributed by atoms with Gasteiger partial charge in [0.25, 0.3) is 0 Å². The normalized spacial score (nSPS) is 24.8. The Balaban J connectivity index is 1.72. The number of hydrogen-bond acceptors (Lipinski definition) is 3. The van der Waals surface area contributed by atoms with E-state index in [2.05, 4.69) is 28.0 Å². The van der Waals surface area contributed by atoms with Crippen LogP contribution in [0.25, 0.3) is 0 Å². The lowest BCUT2D eigenvalue weighted by molar-refractivity contribution is 0.231. The average molecular weight is 294 g/mol. The van der Waals surface area contributed by atoms with E-state index in [1.807, 2.05) is 6.92 Å². The van der Waals surface area contributed by atoms with Crippen LogP contribution in [0.1, 0.15) is 25.3 Å². The van der Waals surface area contributed by atoms with Crippen LogP contribution in [0.15, 0.2) is 18.2 Å². The Labute approximate surface area is 126 Å².